The summed E-state index contributed by atoms with van der Waals surface area (Å²) in [5.74, 6) is 1.05. The molecule has 96 valence electrons. The Labute approximate surface area is 109 Å². The quantitative estimate of drug-likeness (QED) is 0.882. The van der Waals surface area contributed by atoms with Crippen LogP contribution in [0, 0.1) is 12.3 Å². The van der Waals surface area contributed by atoms with Gasteiger partial charge in [-0.3, -0.25) is 0 Å². The summed E-state index contributed by atoms with van der Waals surface area (Å²) >= 11 is 1.98. The Balaban J connectivity index is 2.08. The monoisotopic (exact) mass is 253 g/mol. The Morgan fingerprint density at radius 2 is 2.29 bits per heavy atom. The third-order valence-electron chi connectivity index (χ3n) is 3.80. The molecule has 0 aliphatic heterocycles. The van der Waals surface area contributed by atoms with Crippen LogP contribution >= 0.6 is 11.8 Å². The molecule has 1 heterocycles. The van der Waals surface area contributed by atoms with Gasteiger partial charge in [0.05, 0.1) is 6.26 Å². The van der Waals surface area contributed by atoms with Crippen LogP contribution in [0.25, 0.3) is 0 Å². The number of thioether (sulfide) groups is 1. The second-order valence-corrected chi connectivity index (χ2v) is 6.84. The summed E-state index contributed by atoms with van der Waals surface area (Å²) in [5, 5.41) is 4.33. The topological polar surface area (TPSA) is 25.2 Å². The van der Waals surface area contributed by atoms with Crippen molar-refractivity contribution in [3.05, 3.63) is 18.1 Å². The number of aryl methyl sites for hydroxylation is 1. The van der Waals surface area contributed by atoms with Crippen LogP contribution in [-0.2, 0) is 0 Å². The summed E-state index contributed by atoms with van der Waals surface area (Å²) < 4.78 is 5.38. The van der Waals surface area contributed by atoms with E-state index < -0.39 is 0 Å². The minimum Gasteiger partial charge on any atom is -0.468 e. The van der Waals surface area contributed by atoms with Crippen molar-refractivity contribution < 1.29 is 4.42 Å². The summed E-state index contributed by atoms with van der Waals surface area (Å²) in [7, 11) is 0. The average Bonchev–Trinajstić information content (AvgIpc) is 2.78. The molecule has 2 unspecified atom stereocenters. The van der Waals surface area contributed by atoms with Gasteiger partial charge in [-0.1, -0.05) is 20.8 Å². The van der Waals surface area contributed by atoms with Crippen LogP contribution in [0.1, 0.15) is 39.4 Å². The van der Waals surface area contributed by atoms with Crippen LogP contribution in [0.5, 0.6) is 0 Å². The van der Waals surface area contributed by atoms with E-state index in [2.05, 4.69) is 32.2 Å². The molecule has 1 aromatic rings. The minimum absolute atomic E-state index is 0.408. The van der Waals surface area contributed by atoms with Crippen LogP contribution in [0.4, 0.5) is 0 Å². The minimum atomic E-state index is 0.408. The lowest BCUT2D eigenvalue weighted by atomic mass is 9.87. The first-order chi connectivity index (χ1) is 8.04. The normalized spacial score (nSPS) is 27.5. The van der Waals surface area contributed by atoms with E-state index in [0.29, 0.717) is 16.7 Å². The molecule has 1 aliphatic carbocycles. The van der Waals surface area contributed by atoms with Gasteiger partial charge in [0.2, 0.25) is 0 Å². The van der Waals surface area contributed by atoms with Gasteiger partial charge in [-0.15, -0.1) is 11.8 Å². The third kappa shape index (κ3) is 2.71. The molecule has 1 aliphatic rings. The lowest BCUT2D eigenvalue weighted by molar-refractivity contribution is 0.290. The number of furan rings is 1. The van der Waals surface area contributed by atoms with Crippen LogP contribution in [-0.4, -0.2) is 17.8 Å². The molecule has 17 heavy (non-hydrogen) atoms. The van der Waals surface area contributed by atoms with Crippen molar-refractivity contribution in [2.45, 2.75) is 56.7 Å². The summed E-state index contributed by atoms with van der Waals surface area (Å²) in [5.41, 5.74) is 0.408. The van der Waals surface area contributed by atoms with Gasteiger partial charge in [0.15, 0.2) is 0 Å². The number of nitrogens with one attached hydrogen (secondary N) is 1. The fourth-order valence-electron chi connectivity index (χ4n) is 2.75. The highest BCUT2D eigenvalue weighted by Gasteiger charge is 2.41. The molecule has 0 aromatic carbocycles. The van der Waals surface area contributed by atoms with Crippen molar-refractivity contribution in [1.82, 2.24) is 5.32 Å². The summed E-state index contributed by atoms with van der Waals surface area (Å²) in [6.45, 7) is 10.0. The lowest BCUT2D eigenvalue weighted by Crippen LogP contribution is -2.43. The Morgan fingerprint density at radius 1 is 1.53 bits per heavy atom. The molecule has 0 spiro atoms. The maximum Gasteiger partial charge on any atom is 0.114 e. The molecule has 1 N–H and O–H groups in total. The summed E-state index contributed by atoms with van der Waals surface area (Å²) in [4.78, 5) is 1.30. The van der Waals surface area contributed by atoms with Crippen LogP contribution < -0.4 is 5.32 Å². The highest BCUT2D eigenvalue weighted by Crippen LogP contribution is 2.45. The van der Waals surface area contributed by atoms with E-state index in [1.807, 2.05) is 18.7 Å². The zero-order chi connectivity index (χ0) is 12.5. The van der Waals surface area contributed by atoms with Gasteiger partial charge < -0.3 is 9.73 Å². The average molecular weight is 253 g/mol. The number of hydrogen-bond acceptors (Lipinski definition) is 3. The summed E-state index contributed by atoms with van der Waals surface area (Å²) in [6, 6.07) is 2.70. The summed E-state index contributed by atoms with van der Waals surface area (Å²) in [6.07, 6.45) is 4.39. The Kier molecular flexibility index (Phi) is 3.88. The molecule has 0 bridgehead atoms. The van der Waals surface area contributed by atoms with E-state index >= 15 is 0 Å². The molecule has 0 saturated heterocycles. The molecular formula is C14H23NOS. The van der Waals surface area contributed by atoms with Crippen LogP contribution in [0.15, 0.2) is 21.6 Å². The molecular weight excluding hydrogens is 230 g/mol. The molecule has 1 aromatic heterocycles. The van der Waals surface area contributed by atoms with Crippen LogP contribution in [0.3, 0.4) is 0 Å². The first-order valence-electron chi connectivity index (χ1n) is 6.48. The van der Waals surface area contributed by atoms with Crippen molar-refractivity contribution in [2.24, 2.45) is 5.41 Å². The lowest BCUT2D eigenvalue weighted by Gasteiger charge is -2.31. The van der Waals surface area contributed by atoms with E-state index in [1.54, 1.807) is 6.26 Å². The van der Waals surface area contributed by atoms with Crippen molar-refractivity contribution in [3.63, 3.8) is 0 Å². The van der Waals surface area contributed by atoms with Crippen molar-refractivity contribution in [1.29, 1.82) is 0 Å². The van der Waals surface area contributed by atoms with Crippen molar-refractivity contribution >= 4 is 11.8 Å². The van der Waals surface area contributed by atoms with Gasteiger partial charge in [-0.05, 0) is 37.8 Å². The Hall–Kier alpha value is -0.410. The van der Waals surface area contributed by atoms with Crippen LogP contribution in [0.2, 0.25) is 0 Å². The standard InChI is InChI=1S/C14H23NOS/c1-5-15-13-12(6-8-14(13,3)4)17-11-7-9-16-10(11)2/h7,9,12-13,15H,5-6,8H2,1-4H3. The molecule has 2 atom stereocenters. The van der Waals surface area contributed by atoms with E-state index in [9.17, 15) is 0 Å². The molecule has 0 radical (unpaired) electrons. The maximum absolute atomic E-state index is 5.38. The van der Waals surface area contributed by atoms with E-state index in [-0.39, 0.29) is 0 Å². The highest BCUT2D eigenvalue weighted by molar-refractivity contribution is 8.00. The van der Waals surface area contributed by atoms with E-state index in [0.717, 1.165) is 12.3 Å². The first-order valence-corrected chi connectivity index (χ1v) is 7.36. The zero-order valence-electron chi connectivity index (χ0n) is 11.2. The van der Waals surface area contributed by atoms with Gasteiger partial charge in [-0.25, -0.2) is 0 Å². The van der Waals surface area contributed by atoms with Gasteiger partial charge >= 0.3 is 0 Å². The molecule has 1 saturated carbocycles. The largest absolute Gasteiger partial charge is 0.468 e. The van der Waals surface area contributed by atoms with Gasteiger partial charge in [0.1, 0.15) is 5.76 Å². The van der Waals surface area contributed by atoms with Gasteiger partial charge in [0.25, 0.3) is 0 Å². The maximum atomic E-state index is 5.38. The highest BCUT2D eigenvalue weighted by atomic mass is 32.2. The molecule has 3 heteroatoms. The second-order valence-electron chi connectivity index (χ2n) is 5.56. The zero-order valence-corrected chi connectivity index (χ0v) is 12.1. The Morgan fingerprint density at radius 3 is 2.88 bits per heavy atom. The molecule has 2 rings (SSSR count). The Bertz CT molecular complexity index is 372. The van der Waals surface area contributed by atoms with Gasteiger partial charge in [0, 0.05) is 16.2 Å². The predicted molar refractivity (Wildman–Crippen MR) is 73.6 cm³/mol. The SMILES string of the molecule is CCNC1C(Sc2ccoc2C)CCC1(C)C. The predicted octanol–water partition coefficient (Wildman–Crippen LogP) is 3.85. The van der Waals surface area contributed by atoms with Crippen molar-refractivity contribution in [2.75, 3.05) is 6.54 Å². The fourth-order valence-corrected chi connectivity index (χ4v) is 4.26. The first kappa shape index (κ1) is 13.0. The smallest absolute Gasteiger partial charge is 0.114 e. The van der Waals surface area contributed by atoms with E-state index in [4.69, 9.17) is 4.42 Å². The fraction of sp³-hybridized carbons (Fsp3) is 0.714. The van der Waals surface area contributed by atoms with Crippen molar-refractivity contribution in [3.8, 4) is 0 Å². The molecule has 2 nitrogen and oxygen atoms in total. The number of hydrogen-bond donors (Lipinski definition) is 1. The molecule has 1 fully saturated rings. The third-order valence-corrected chi connectivity index (χ3v) is 5.29. The van der Waals surface area contributed by atoms with Gasteiger partial charge in [-0.2, -0.15) is 0 Å². The van der Waals surface area contributed by atoms with E-state index in [1.165, 1.54) is 17.7 Å². The number of rotatable bonds is 4. The second kappa shape index (κ2) is 5.07. The molecule has 0 amide bonds.